The molecule has 2 aliphatic rings. The van der Waals surface area contributed by atoms with E-state index in [1.807, 2.05) is 6.07 Å². The Kier molecular flexibility index (Phi) is 4.21. The molecule has 1 aliphatic carbocycles. The van der Waals surface area contributed by atoms with Crippen molar-refractivity contribution in [2.24, 2.45) is 5.92 Å². The maximum Gasteiger partial charge on any atom is 0.125 e. The first-order chi connectivity index (χ1) is 10.1. The third-order valence-corrected chi connectivity index (χ3v) is 5.24. The summed E-state index contributed by atoms with van der Waals surface area (Å²) in [6.45, 7) is 5.44. The van der Waals surface area contributed by atoms with Crippen LogP contribution in [0.4, 0.5) is 4.39 Å². The summed E-state index contributed by atoms with van der Waals surface area (Å²) in [6.07, 6.45) is 6.94. The van der Waals surface area contributed by atoms with Crippen LogP contribution in [0.3, 0.4) is 0 Å². The minimum Gasteiger partial charge on any atom is -0.487 e. The Morgan fingerprint density at radius 2 is 2.24 bits per heavy atom. The Hall–Kier alpha value is -1.09. The molecule has 0 bridgehead atoms. The van der Waals surface area contributed by atoms with Gasteiger partial charge in [0.25, 0.3) is 0 Å². The Labute approximate surface area is 127 Å². The molecular formula is C18H26FNO. The van der Waals surface area contributed by atoms with Gasteiger partial charge in [-0.2, -0.15) is 0 Å². The molecule has 3 heteroatoms. The molecule has 1 aliphatic heterocycles. The summed E-state index contributed by atoms with van der Waals surface area (Å²) in [7, 11) is 0. The van der Waals surface area contributed by atoms with E-state index in [2.05, 4.69) is 19.2 Å². The van der Waals surface area contributed by atoms with Crippen molar-refractivity contribution >= 4 is 0 Å². The fraction of sp³-hybridized carbons (Fsp3) is 0.667. The summed E-state index contributed by atoms with van der Waals surface area (Å²) < 4.78 is 20.0. The molecular weight excluding hydrogens is 265 g/mol. The molecule has 2 nitrogen and oxygen atoms in total. The van der Waals surface area contributed by atoms with Crippen molar-refractivity contribution in [2.75, 3.05) is 6.54 Å². The summed E-state index contributed by atoms with van der Waals surface area (Å²) >= 11 is 0. The highest BCUT2D eigenvalue weighted by atomic mass is 19.1. The van der Waals surface area contributed by atoms with Crippen LogP contribution >= 0.6 is 0 Å². The number of fused-ring (bicyclic) bond motifs is 1. The standard InChI is InChI=1S/C18H26FNO/c1-3-10-20-16-12-18(9-5-4-6-13(18)2)21-17-8-7-14(19)11-15(16)17/h7-8,11,13,16,20H,3-6,9-10,12H2,1-2H3. The number of ether oxygens (including phenoxy) is 1. The van der Waals surface area contributed by atoms with Crippen LogP contribution in [0.25, 0.3) is 0 Å². The van der Waals surface area contributed by atoms with E-state index in [0.29, 0.717) is 5.92 Å². The van der Waals surface area contributed by atoms with Gasteiger partial charge in [-0.1, -0.05) is 20.3 Å². The first-order valence-corrected chi connectivity index (χ1v) is 8.36. The van der Waals surface area contributed by atoms with Gasteiger partial charge in [-0.3, -0.25) is 0 Å². The van der Waals surface area contributed by atoms with Gasteiger partial charge in [-0.25, -0.2) is 4.39 Å². The molecule has 1 fully saturated rings. The Morgan fingerprint density at radius 1 is 1.38 bits per heavy atom. The molecule has 1 aromatic carbocycles. The van der Waals surface area contributed by atoms with Crippen molar-refractivity contribution in [3.05, 3.63) is 29.6 Å². The summed E-state index contributed by atoms with van der Waals surface area (Å²) in [6, 6.07) is 5.18. The second-order valence-corrected chi connectivity index (χ2v) is 6.71. The maximum atomic E-state index is 13.6. The molecule has 0 aromatic heterocycles. The lowest BCUT2D eigenvalue weighted by molar-refractivity contribution is -0.0444. The zero-order valence-electron chi connectivity index (χ0n) is 13.1. The average Bonchev–Trinajstić information content (AvgIpc) is 2.49. The monoisotopic (exact) mass is 291 g/mol. The van der Waals surface area contributed by atoms with Crippen LogP contribution in [0.1, 0.15) is 64.0 Å². The minimum atomic E-state index is -0.173. The molecule has 0 radical (unpaired) electrons. The van der Waals surface area contributed by atoms with Crippen molar-refractivity contribution in [2.45, 2.75) is 64.0 Å². The number of hydrogen-bond acceptors (Lipinski definition) is 2. The van der Waals surface area contributed by atoms with Gasteiger partial charge in [-0.05, 0) is 56.3 Å². The van der Waals surface area contributed by atoms with Crippen LogP contribution in [0, 0.1) is 11.7 Å². The quantitative estimate of drug-likeness (QED) is 0.879. The number of rotatable bonds is 3. The fourth-order valence-electron chi connectivity index (χ4n) is 3.94. The molecule has 1 N–H and O–H groups in total. The van der Waals surface area contributed by atoms with Gasteiger partial charge in [0, 0.05) is 18.0 Å². The van der Waals surface area contributed by atoms with Gasteiger partial charge >= 0.3 is 0 Å². The zero-order chi connectivity index (χ0) is 14.9. The molecule has 0 amide bonds. The molecule has 1 aromatic rings. The molecule has 21 heavy (non-hydrogen) atoms. The van der Waals surface area contributed by atoms with Crippen LogP contribution in [0.15, 0.2) is 18.2 Å². The van der Waals surface area contributed by atoms with Gasteiger partial charge in [0.05, 0.1) is 0 Å². The lowest BCUT2D eigenvalue weighted by Crippen LogP contribution is -2.50. The normalized spacial score (nSPS) is 31.8. The van der Waals surface area contributed by atoms with Crippen LogP contribution in [-0.2, 0) is 0 Å². The summed E-state index contributed by atoms with van der Waals surface area (Å²) in [5.41, 5.74) is 0.931. The Balaban J connectivity index is 1.94. The van der Waals surface area contributed by atoms with Gasteiger partial charge in [0.1, 0.15) is 17.2 Å². The second-order valence-electron chi connectivity index (χ2n) is 6.71. The topological polar surface area (TPSA) is 21.3 Å². The third-order valence-electron chi connectivity index (χ3n) is 5.24. The van der Waals surface area contributed by atoms with E-state index in [9.17, 15) is 4.39 Å². The highest BCUT2D eigenvalue weighted by molar-refractivity contribution is 5.39. The van der Waals surface area contributed by atoms with E-state index in [-0.39, 0.29) is 17.5 Å². The van der Waals surface area contributed by atoms with Crippen molar-refractivity contribution in [3.8, 4) is 5.75 Å². The molecule has 3 unspecified atom stereocenters. The van der Waals surface area contributed by atoms with Gasteiger partial charge in [0.15, 0.2) is 0 Å². The van der Waals surface area contributed by atoms with Crippen LogP contribution in [-0.4, -0.2) is 12.1 Å². The predicted molar refractivity (Wildman–Crippen MR) is 83.0 cm³/mol. The number of benzene rings is 1. The molecule has 1 saturated carbocycles. The highest BCUT2D eigenvalue weighted by Crippen LogP contribution is 2.48. The average molecular weight is 291 g/mol. The van der Waals surface area contributed by atoms with E-state index >= 15 is 0 Å². The van der Waals surface area contributed by atoms with Crippen molar-refractivity contribution < 1.29 is 9.13 Å². The van der Waals surface area contributed by atoms with Crippen LogP contribution < -0.4 is 10.1 Å². The van der Waals surface area contributed by atoms with Gasteiger partial charge in [-0.15, -0.1) is 0 Å². The summed E-state index contributed by atoms with van der Waals surface area (Å²) in [5.74, 6) is 1.27. The third kappa shape index (κ3) is 2.80. The molecule has 1 heterocycles. The van der Waals surface area contributed by atoms with Gasteiger partial charge in [0.2, 0.25) is 0 Å². The molecule has 1 spiro atoms. The predicted octanol–water partition coefficient (Wildman–Crippen LogP) is 4.60. The second kappa shape index (κ2) is 5.96. The van der Waals surface area contributed by atoms with Crippen LogP contribution in [0.5, 0.6) is 5.75 Å². The number of nitrogens with one attached hydrogen (secondary N) is 1. The first kappa shape index (κ1) is 14.8. The van der Waals surface area contributed by atoms with Crippen molar-refractivity contribution in [1.82, 2.24) is 5.32 Å². The summed E-state index contributed by atoms with van der Waals surface area (Å²) in [4.78, 5) is 0. The lowest BCUT2D eigenvalue weighted by Gasteiger charge is -2.48. The van der Waals surface area contributed by atoms with Crippen molar-refractivity contribution in [3.63, 3.8) is 0 Å². The van der Waals surface area contributed by atoms with Crippen LogP contribution in [0.2, 0.25) is 0 Å². The Bertz CT molecular complexity index is 504. The summed E-state index contributed by atoms with van der Waals surface area (Å²) in [5, 5.41) is 3.60. The zero-order valence-corrected chi connectivity index (χ0v) is 13.1. The maximum absolute atomic E-state index is 13.6. The lowest BCUT2D eigenvalue weighted by atomic mass is 9.70. The van der Waals surface area contributed by atoms with Crippen molar-refractivity contribution in [1.29, 1.82) is 0 Å². The van der Waals surface area contributed by atoms with E-state index in [4.69, 9.17) is 4.74 Å². The van der Waals surface area contributed by atoms with E-state index in [0.717, 1.165) is 37.1 Å². The Morgan fingerprint density at radius 3 is 3.00 bits per heavy atom. The SMILES string of the molecule is CCCNC1CC2(CCCCC2C)Oc2ccc(F)cc21. The fourth-order valence-corrected chi connectivity index (χ4v) is 3.94. The van der Waals surface area contributed by atoms with E-state index in [1.165, 1.54) is 25.3 Å². The molecule has 116 valence electrons. The molecule has 3 rings (SSSR count). The van der Waals surface area contributed by atoms with E-state index < -0.39 is 0 Å². The highest BCUT2D eigenvalue weighted by Gasteiger charge is 2.46. The largest absolute Gasteiger partial charge is 0.487 e. The molecule has 0 saturated heterocycles. The number of hydrogen-bond donors (Lipinski definition) is 1. The smallest absolute Gasteiger partial charge is 0.125 e. The number of halogens is 1. The molecule has 3 atom stereocenters. The van der Waals surface area contributed by atoms with Gasteiger partial charge < -0.3 is 10.1 Å². The van der Waals surface area contributed by atoms with E-state index in [1.54, 1.807) is 6.07 Å². The first-order valence-electron chi connectivity index (χ1n) is 8.36. The minimum absolute atomic E-state index is 0.0610.